The Bertz CT molecular complexity index is 1140. The average molecular weight is 788 g/mol. The van der Waals surface area contributed by atoms with Crippen LogP contribution in [0.3, 0.4) is 0 Å². The number of unbranched alkanes of at least 4 members (excludes halogenated alkanes) is 22. The third kappa shape index (κ3) is 42.8. The van der Waals surface area contributed by atoms with Crippen LogP contribution in [0.15, 0.2) is 72.9 Å². The predicted octanol–water partition coefficient (Wildman–Crippen LogP) is 13.8. The zero-order valence-corrected chi connectivity index (χ0v) is 36.3. The van der Waals surface area contributed by atoms with Crippen molar-refractivity contribution in [2.24, 2.45) is 0 Å². The minimum Gasteiger partial charge on any atom is -0.387 e. The summed E-state index contributed by atoms with van der Waals surface area (Å²) in [7, 11) is -4.37. The molecule has 2 atom stereocenters. The van der Waals surface area contributed by atoms with Crippen molar-refractivity contribution in [1.29, 1.82) is 0 Å². The molecule has 0 saturated heterocycles. The summed E-state index contributed by atoms with van der Waals surface area (Å²) in [6.45, 7) is 4.51. The molecule has 0 aromatic heterocycles. The number of carbonyl (C=O) groups excluding carboxylic acids is 1. The number of hydrogen-bond acceptors (Lipinski definition) is 4. The number of hydrogen-bond donors (Lipinski definition) is 3. The maximum Gasteiger partial charge on any atom is 0.267 e. The summed E-state index contributed by atoms with van der Waals surface area (Å²) in [5.41, 5.74) is 0. The van der Waals surface area contributed by atoms with Gasteiger partial charge in [-0.05, 0) is 83.5 Å². The number of amides is 1. The minimum absolute atomic E-state index is 0.273. The van der Waals surface area contributed by atoms with Gasteiger partial charge in [0.1, 0.15) is 0 Å². The zero-order chi connectivity index (χ0) is 40.3. The van der Waals surface area contributed by atoms with Crippen molar-refractivity contribution < 1.29 is 22.9 Å². The smallest absolute Gasteiger partial charge is 0.267 e. The molecule has 0 aliphatic heterocycles. The lowest BCUT2D eigenvalue weighted by Gasteiger charge is -2.21. The Morgan fingerprint density at radius 1 is 0.491 bits per heavy atom. The van der Waals surface area contributed by atoms with Crippen LogP contribution in [0, 0.1) is 0 Å². The van der Waals surface area contributed by atoms with E-state index in [0.717, 1.165) is 57.8 Å². The van der Waals surface area contributed by atoms with E-state index in [-0.39, 0.29) is 12.3 Å². The summed E-state index contributed by atoms with van der Waals surface area (Å²) in [5.74, 6) is -1.02. The summed E-state index contributed by atoms with van der Waals surface area (Å²) in [6.07, 6.45) is 58.9. The van der Waals surface area contributed by atoms with Crippen LogP contribution in [0.25, 0.3) is 0 Å². The Labute approximate surface area is 340 Å². The molecule has 0 spiro atoms. The molecule has 2 unspecified atom stereocenters. The molecule has 55 heavy (non-hydrogen) atoms. The third-order valence-corrected chi connectivity index (χ3v) is 10.6. The van der Waals surface area contributed by atoms with Crippen molar-refractivity contribution in [2.75, 3.05) is 5.75 Å². The lowest BCUT2D eigenvalue weighted by molar-refractivity contribution is -0.122. The fourth-order valence-corrected chi connectivity index (χ4v) is 7.16. The van der Waals surface area contributed by atoms with Crippen molar-refractivity contribution in [3.05, 3.63) is 72.9 Å². The van der Waals surface area contributed by atoms with E-state index in [4.69, 9.17) is 0 Å². The maximum absolute atomic E-state index is 12.5. The Morgan fingerprint density at radius 2 is 0.836 bits per heavy atom. The molecule has 0 saturated carbocycles. The monoisotopic (exact) mass is 788 g/mol. The molecule has 0 radical (unpaired) electrons. The van der Waals surface area contributed by atoms with Gasteiger partial charge in [-0.3, -0.25) is 9.35 Å². The van der Waals surface area contributed by atoms with Gasteiger partial charge in [0, 0.05) is 6.42 Å². The molecule has 0 heterocycles. The Balaban J connectivity index is 3.96. The van der Waals surface area contributed by atoms with Gasteiger partial charge in [0.05, 0.1) is 17.9 Å². The molecule has 1 amide bonds. The zero-order valence-electron chi connectivity index (χ0n) is 35.5. The van der Waals surface area contributed by atoms with E-state index in [2.05, 4.69) is 79.9 Å². The largest absolute Gasteiger partial charge is 0.387 e. The van der Waals surface area contributed by atoms with Crippen molar-refractivity contribution in [3.63, 3.8) is 0 Å². The van der Waals surface area contributed by atoms with E-state index in [9.17, 15) is 22.9 Å². The highest BCUT2D eigenvalue weighted by atomic mass is 32.2. The van der Waals surface area contributed by atoms with Crippen LogP contribution < -0.4 is 5.32 Å². The number of nitrogens with one attached hydrogen (secondary N) is 1. The lowest BCUT2D eigenvalue weighted by atomic mass is 10.1. The van der Waals surface area contributed by atoms with E-state index in [0.29, 0.717) is 12.8 Å². The van der Waals surface area contributed by atoms with Crippen LogP contribution in [0.4, 0.5) is 0 Å². The van der Waals surface area contributed by atoms with Gasteiger partial charge in [-0.15, -0.1) is 0 Å². The third-order valence-electron chi connectivity index (χ3n) is 9.83. The normalized spacial score (nSPS) is 13.9. The number of aliphatic hydroxyl groups is 1. The summed E-state index contributed by atoms with van der Waals surface area (Å²) in [4.78, 5) is 12.5. The predicted molar refractivity (Wildman–Crippen MR) is 239 cm³/mol. The van der Waals surface area contributed by atoms with Crippen LogP contribution in [0.1, 0.15) is 206 Å². The van der Waals surface area contributed by atoms with Gasteiger partial charge < -0.3 is 10.4 Å². The van der Waals surface area contributed by atoms with Gasteiger partial charge in [-0.25, -0.2) is 0 Å². The van der Waals surface area contributed by atoms with Crippen molar-refractivity contribution >= 4 is 16.0 Å². The second-order valence-corrected chi connectivity index (χ2v) is 16.8. The van der Waals surface area contributed by atoms with E-state index in [1.165, 1.54) is 122 Å². The highest BCUT2D eigenvalue weighted by Crippen LogP contribution is 2.13. The number of allylic oxidation sites excluding steroid dienone is 11. The summed E-state index contributed by atoms with van der Waals surface area (Å²) < 4.78 is 32.6. The molecule has 318 valence electrons. The Kier molecular flexibility index (Phi) is 39.7. The second kappa shape index (κ2) is 41.4. The minimum atomic E-state index is -4.37. The molecule has 3 N–H and O–H groups in total. The summed E-state index contributed by atoms with van der Waals surface area (Å²) >= 11 is 0. The average Bonchev–Trinajstić information content (AvgIpc) is 3.15. The topological polar surface area (TPSA) is 104 Å². The number of carbonyl (C=O) groups is 1. The fourth-order valence-electron chi connectivity index (χ4n) is 6.43. The number of aliphatic hydroxyl groups excluding tert-OH is 1. The molecule has 0 fully saturated rings. The number of rotatable bonds is 40. The molecule has 7 heteroatoms. The first-order chi connectivity index (χ1) is 26.8. The van der Waals surface area contributed by atoms with Gasteiger partial charge in [-0.2, -0.15) is 8.42 Å². The van der Waals surface area contributed by atoms with E-state index < -0.39 is 28.0 Å². The van der Waals surface area contributed by atoms with Gasteiger partial charge >= 0.3 is 0 Å². The van der Waals surface area contributed by atoms with Crippen LogP contribution >= 0.6 is 0 Å². The molecule has 0 aromatic carbocycles. The molecule has 0 aliphatic rings. The van der Waals surface area contributed by atoms with Crippen molar-refractivity contribution in [2.45, 2.75) is 219 Å². The Morgan fingerprint density at radius 3 is 1.27 bits per heavy atom. The first-order valence-corrected chi connectivity index (χ1v) is 24.2. The lowest BCUT2D eigenvalue weighted by Crippen LogP contribution is -2.46. The van der Waals surface area contributed by atoms with E-state index in [1.54, 1.807) is 6.08 Å². The Hall–Kier alpha value is -2.22. The molecular formula is C48H85NO5S. The fraction of sp³-hybridized carbons (Fsp3) is 0.729. The molecule has 0 aliphatic carbocycles. The first kappa shape index (κ1) is 52.8. The molecule has 0 bridgehead atoms. The van der Waals surface area contributed by atoms with E-state index >= 15 is 0 Å². The van der Waals surface area contributed by atoms with E-state index in [1.807, 2.05) is 0 Å². The maximum atomic E-state index is 12.5. The molecule has 6 nitrogen and oxygen atoms in total. The molecular weight excluding hydrogens is 703 g/mol. The van der Waals surface area contributed by atoms with Crippen molar-refractivity contribution in [3.8, 4) is 0 Å². The first-order valence-electron chi connectivity index (χ1n) is 22.6. The van der Waals surface area contributed by atoms with Crippen LogP contribution in [0.2, 0.25) is 0 Å². The van der Waals surface area contributed by atoms with Gasteiger partial charge in [0.2, 0.25) is 5.91 Å². The molecule has 0 aromatic rings. The quantitative estimate of drug-likeness (QED) is 0.0326. The van der Waals surface area contributed by atoms with Gasteiger partial charge in [-0.1, -0.05) is 189 Å². The standard InChI is InChI=1S/C48H85NO5S/c1-3-5-7-9-11-13-15-17-19-21-22-23-24-25-26-28-30-32-34-36-38-40-42-44-48(51)49-46(45-55(52,53)54)47(50)43-41-39-37-35-33-31-29-27-20-18-16-14-12-10-8-6-4-2/h15,17,20-22,24-25,27,33,35,41,43,46-47,50H,3-14,16,18-19,23,26,28-32,34,36-40,42,44-45H2,1-2H3,(H,49,51)(H,52,53,54)/b17-15-,22-21-,25-24-,27-20+,35-33+,43-41+. The highest BCUT2D eigenvalue weighted by molar-refractivity contribution is 7.85. The summed E-state index contributed by atoms with van der Waals surface area (Å²) in [5, 5.41) is 13.2. The molecule has 0 rings (SSSR count). The van der Waals surface area contributed by atoms with Crippen LogP contribution in [0.5, 0.6) is 0 Å². The van der Waals surface area contributed by atoms with Crippen LogP contribution in [-0.2, 0) is 14.9 Å². The van der Waals surface area contributed by atoms with Crippen LogP contribution in [-0.4, -0.2) is 41.9 Å². The van der Waals surface area contributed by atoms with Gasteiger partial charge in [0.25, 0.3) is 10.1 Å². The highest BCUT2D eigenvalue weighted by Gasteiger charge is 2.24. The van der Waals surface area contributed by atoms with Crippen molar-refractivity contribution in [1.82, 2.24) is 5.32 Å². The summed E-state index contributed by atoms with van der Waals surface area (Å²) in [6, 6.07) is -1.09. The SMILES string of the molecule is CCCCCCC/C=C\C/C=C\C/C=C\CCCCCCCCCCC(=O)NC(CS(=O)(=O)O)C(O)/C=C/CC/C=C/CC/C=C/CCCCCCCCC. The second-order valence-electron chi connectivity index (χ2n) is 15.3. The van der Waals surface area contributed by atoms with Gasteiger partial charge in [0.15, 0.2) is 0 Å².